The van der Waals surface area contributed by atoms with Gasteiger partial charge in [-0.15, -0.1) is 0 Å². The first kappa shape index (κ1) is 20.8. The predicted molar refractivity (Wildman–Crippen MR) is 109 cm³/mol. The van der Waals surface area contributed by atoms with Crippen LogP contribution in [0.25, 0.3) is 0 Å². The molecule has 1 saturated heterocycles. The molecule has 4 atom stereocenters. The molecule has 7 heteroatoms. The highest BCUT2D eigenvalue weighted by molar-refractivity contribution is 5.46. The first-order chi connectivity index (χ1) is 14.7. The van der Waals surface area contributed by atoms with Gasteiger partial charge in [-0.3, -0.25) is 0 Å². The van der Waals surface area contributed by atoms with E-state index in [4.69, 9.17) is 33.2 Å². The molecule has 2 aliphatic rings. The Hall–Kier alpha value is -2.48. The van der Waals surface area contributed by atoms with E-state index in [0.29, 0.717) is 24.7 Å². The second-order valence-electron chi connectivity index (χ2n) is 7.44. The van der Waals surface area contributed by atoms with Crippen molar-refractivity contribution in [2.75, 3.05) is 48.4 Å². The molecule has 2 aromatic carbocycles. The Morgan fingerprint density at radius 2 is 1.33 bits per heavy atom. The largest absolute Gasteiger partial charge is 0.493 e. The lowest BCUT2D eigenvalue weighted by atomic mass is 9.83. The van der Waals surface area contributed by atoms with Gasteiger partial charge in [0.05, 0.1) is 39.6 Å². The molecule has 162 valence electrons. The Balaban J connectivity index is 1.70. The molecule has 4 rings (SSSR count). The summed E-state index contributed by atoms with van der Waals surface area (Å²) in [5, 5.41) is 0. The lowest BCUT2D eigenvalue weighted by molar-refractivity contribution is 0.0143. The topological polar surface area (TPSA) is 64.6 Å². The summed E-state index contributed by atoms with van der Waals surface area (Å²) in [6.07, 6.45) is -0.349. The molecular formula is C23H28O7. The van der Waals surface area contributed by atoms with Gasteiger partial charge in [-0.1, -0.05) is 12.1 Å². The summed E-state index contributed by atoms with van der Waals surface area (Å²) in [4.78, 5) is 0. The maximum Gasteiger partial charge on any atom is 0.231 e. The van der Waals surface area contributed by atoms with Crippen LogP contribution in [0.5, 0.6) is 23.0 Å². The minimum atomic E-state index is -0.180. The van der Waals surface area contributed by atoms with Crippen molar-refractivity contribution < 1.29 is 33.2 Å². The Kier molecular flexibility index (Phi) is 6.32. The van der Waals surface area contributed by atoms with Gasteiger partial charge in [-0.2, -0.15) is 0 Å². The first-order valence-electron chi connectivity index (χ1n) is 9.95. The molecule has 0 spiro atoms. The maximum absolute atomic E-state index is 6.64. The average molecular weight is 416 g/mol. The van der Waals surface area contributed by atoms with Crippen molar-refractivity contribution >= 4 is 0 Å². The van der Waals surface area contributed by atoms with Crippen LogP contribution in [0.1, 0.15) is 23.3 Å². The minimum Gasteiger partial charge on any atom is -0.493 e. The van der Waals surface area contributed by atoms with Crippen LogP contribution >= 0.6 is 0 Å². The van der Waals surface area contributed by atoms with E-state index in [0.717, 1.165) is 22.6 Å². The summed E-state index contributed by atoms with van der Waals surface area (Å²) in [7, 11) is 6.68. The summed E-state index contributed by atoms with van der Waals surface area (Å²) in [5.74, 6) is 3.06. The molecule has 0 aromatic heterocycles. The summed E-state index contributed by atoms with van der Waals surface area (Å²) in [6, 6.07) is 11.8. The zero-order chi connectivity index (χ0) is 21.1. The Bertz CT molecular complexity index is 869. The van der Waals surface area contributed by atoms with E-state index in [1.165, 1.54) is 0 Å². The van der Waals surface area contributed by atoms with Crippen LogP contribution in [0.3, 0.4) is 0 Å². The first-order valence-corrected chi connectivity index (χ1v) is 9.95. The fraction of sp³-hybridized carbons (Fsp3) is 0.478. The number of hydrogen-bond acceptors (Lipinski definition) is 7. The number of methoxy groups -OCH3 is 4. The number of rotatable bonds is 8. The third-order valence-electron chi connectivity index (χ3n) is 5.80. The van der Waals surface area contributed by atoms with Crippen molar-refractivity contribution in [1.29, 1.82) is 0 Å². The monoisotopic (exact) mass is 416 g/mol. The van der Waals surface area contributed by atoms with Gasteiger partial charge >= 0.3 is 0 Å². The fourth-order valence-electron chi connectivity index (χ4n) is 4.39. The predicted octanol–water partition coefficient (Wildman–Crippen LogP) is 3.77. The standard InChI is InChI=1S/C23H28O7/c1-24-11-16-17(12-25-2)23(15-6-8-19-21(10-15)29-13-28-19)30-22(16)14-5-7-18(26-3)20(9-14)27-4/h5-10,16-17,22-23H,11-13H2,1-4H3/t16-,17+,22-,23-/m1/s1. The third kappa shape index (κ3) is 3.80. The van der Waals surface area contributed by atoms with E-state index >= 15 is 0 Å². The van der Waals surface area contributed by atoms with Crippen molar-refractivity contribution in [2.45, 2.75) is 12.2 Å². The Labute approximate surface area is 176 Å². The van der Waals surface area contributed by atoms with Crippen LogP contribution in [0.4, 0.5) is 0 Å². The van der Waals surface area contributed by atoms with Crippen LogP contribution in [0.15, 0.2) is 36.4 Å². The molecule has 0 amide bonds. The Morgan fingerprint density at radius 1 is 0.733 bits per heavy atom. The van der Waals surface area contributed by atoms with E-state index in [-0.39, 0.29) is 30.8 Å². The fourth-order valence-corrected chi connectivity index (χ4v) is 4.39. The highest BCUT2D eigenvalue weighted by atomic mass is 16.7. The number of fused-ring (bicyclic) bond motifs is 1. The van der Waals surface area contributed by atoms with Crippen molar-refractivity contribution in [3.05, 3.63) is 47.5 Å². The van der Waals surface area contributed by atoms with Gasteiger partial charge in [0.15, 0.2) is 23.0 Å². The molecule has 0 N–H and O–H groups in total. The molecule has 0 unspecified atom stereocenters. The van der Waals surface area contributed by atoms with Crippen LogP contribution in [0, 0.1) is 11.8 Å². The van der Waals surface area contributed by atoms with E-state index < -0.39 is 0 Å². The van der Waals surface area contributed by atoms with E-state index in [2.05, 4.69) is 0 Å². The normalized spacial score (nSPS) is 24.8. The lowest BCUT2D eigenvalue weighted by Gasteiger charge is -2.23. The van der Waals surface area contributed by atoms with Crippen molar-refractivity contribution in [1.82, 2.24) is 0 Å². The van der Waals surface area contributed by atoms with Gasteiger partial charge in [-0.25, -0.2) is 0 Å². The van der Waals surface area contributed by atoms with Crippen molar-refractivity contribution in [3.8, 4) is 23.0 Å². The molecule has 1 fully saturated rings. The summed E-state index contributed by atoms with van der Waals surface area (Å²) in [6.45, 7) is 1.34. The van der Waals surface area contributed by atoms with Gasteiger partial charge in [0.1, 0.15) is 0 Å². The van der Waals surface area contributed by atoms with Crippen LogP contribution < -0.4 is 18.9 Å². The van der Waals surface area contributed by atoms with E-state index in [1.54, 1.807) is 28.4 Å². The number of ether oxygens (including phenoxy) is 7. The third-order valence-corrected chi connectivity index (χ3v) is 5.80. The number of benzene rings is 2. The van der Waals surface area contributed by atoms with E-state index in [1.807, 2.05) is 36.4 Å². The molecular weight excluding hydrogens is 388 g/mol. The highest BCUT2D eigenvalue weighted by Crippen LogP contribution is 2.51. The van der Waals surface area contributed by atoms with Crippen LogP contribution in [-0.4, -0.2) is 48.4 Å². The van der Waals surface area contributed by atoms with Gasteiger partial charge < -0.3 is 33.2 Å². The molecule has 2 aromatic rings. The van der Waals surface area contributed by atoms with Crippen LogP contribution in [0.2, 0.25) is 0 Å². The molecule has 0 saturated carbocycles. The zero-order valence-electron chi connectivity index (χ0n) is 17.8. The molecule has 30 heavy (non-hydrogen) atoms. The molecule has 2 heterocycles. The van der Waals surface area contributed by atoms with Gasteiger partial charge in [0.2, 0.25) is 6.79 Å². The number of hydrogen-bond donors (Lipinski definition) is 0. The summed E-state index contributed by atoms with van der Waals surface area (Å²) < 4.78 is 39.7. The zero-order valence-corrected chi connectivity index (χ0v) is 17.8. The highest BCUT2D eigenvalue weighted by Gasteiger charge is 2.46. The van der Waals surface area contributed by atoms with Gasteiger partial charge in [0, 0.05) is 26.1 Å². The van der Waals surface area contributed by atoms with Crippen LogP contribution in [-0.2, 0) is 14.2 Å². The second kappa shape index (κ2) is 9.12. The quantitative estimate of drug-likeness (QED) is 0.649. The van der Waals surface area contributed by atoms with E-state index in [9.17, 15) is 0 Å². The SMILES string of the molecule is COC[C@@H]1[C@H](COC)[C@@H](c2ccc3c(c2)OCO3)O[C@@H]1c1ccc(OC)c(OC)c1. The van der Waals surface area contributed by atoms with Crippen molar-refractivity contribution in [3.63, 3.8) is 0 Å². The molecule has 0 bridgehead atoms. The Morgan fingerprint density at radius 3 is 1.97 bits per heavy atom. The summed E-state index contributed by atoms with van der Waals surface area (Å²) in [5.41, 5.74) is 2.05. The van der Waals surface area contributed by atoms with Crippen molar-refractivity contribution in [2.24, 2.45) is 11.8 Å². The maximum atomic E-state index is 6.64. The van der Waals surface area contributed by atoms with Gasteiger partial charge in [0.25, 0.3) is 0 Å². The molecule has 7 nitrogen and oxygen atoms in total. The minimum absolute atomic E-state index is 0.100. The molecule has 0 radical (unpaired) electrons. The average Bonchev–Trinajstić information content (AvgIpc) is 3.38. The second-order valence-corrected chi connectivity index (χ2v) is 7.44. The molecule has 0 aliphatic carbocycles. The smallest absolute Gasteiger partial charge is 0.231 e. The lowest BCUT2D eigenvalue weighted by Crippen LogP contribution is -2.25. The van der Waals surface area contributed by atoms with Gasteiger partial charge in [-0.05, 0) is 35.4 Å². The summed E-state index contributed by atoms with van der Waals surface area (Å²) >= 11 is 0. The molecule has 2 aliphatic heterocycles.